The van der Waals surface area contributed by atoms with Crippen molar-refractivity contribution in [2.24, 2.45) is 14.1 Å². The summed E-state index contributed by atoms with van der Waals surface area (Å²) in [5, 5.41) is 2.68. The maximum absolute atomic E-state index is 12.5. The Balaban J connectivity index is 1.74. The molecular weight excluding hydrogens is 394 g/mol. The van der Waals surface area contributed by atoms with E-state index in [1.807, 2.05) is 0 Å². The van der Waals surface area contributed by atoms with Crippen LogP contribution in [0.2, 0.25) is 5.28 Å². The second-order valence-electron chi connectivity index (χ2n) is 5.83. The van der Waals surface area contributed by atoms with Gasteiger partial charge in [0, 0.05) is 14.1 Å². The van der Waals surface area contributed by atoms with Crippen molar-refractivity contribution in [1.82, 2.24) is 27.4 Å². The van der Waals surface area contributed by atoms with Crippen molar-refractivity contribution in [3.05, 3.63) is 44.3 Å². The quantitative estimate of drug-likeness (QED) is 0.502. The molecule has 0 aliphatic carbocycles. The third kappa shape index (κ3) is 2.71. The molecule has 0 fully saturated rings. The van der Waals surface area contributed by atoms with E-state index in [0.29, 0.717) is 16.7 Å². The zero-order valence-electron chi connectivity index (χ0n) is 14.1. The number of anilines is 1. The molecule has 0 radical (unpaired) electrons. The molecule has 3 aromatic heterocycles. The Kier molecular flexibility index (Phi) is 4.04. The number of hydrogen-bond donors (Lipinski definition) is 1. The first-order valence-corrected chi connectivity index (χ1v) is 8.82. The van der Waals surface area contributed by atoms with Crippen molar-refractivity contribution in [2.75, 3.05) is 5.32 Å². The number of aryl methyl sites for hydroxylation is 1. The Bertz CT molecular complexity index is 1330. The molecule has 10 nitrogen and oxygen atoms in total. The van der Waals surface area contributed by atoms with E-state index in [1.165, 1.54) is 23.2 Å². The predicted octanol–water partition coefficient (Wildman–Crippen LogP) is 0.730. The van der Waals surface area contributed by atoms with Gasteiger partial charge in [-0.2, -0.15) is 13.7 Å². The molecule has 3 heterocycles. The lowest BCUT2D eigenvalue weighted by atomic mass is 10.2. The van der Waals surface area contributed by atoms with Crippen LogP contribution in [0.15, 0.2) is 27.8 Å². The molecule has 27 heavy (non-hydrogen) atoms. The van der Waals surface area contributed by atoms with Gasteiger partial charge in [0.15, 0.2) is 11.2 Å². The third-order valence-electron chi connectivity index (χ3n) is 4.16. The molecule has 0 aliphatic heterocycles. The number of nitrogens with one attached hydrogen (secondary N) is 1. The highest BCUT2D eigenvalue weighted by atomic mass is 35.5. The molecule has 0 saturated heterocycles. The van der Waals surface area contributed by atoms with Crippen LogP contribution in [0.1, 0.15) is 0 Å². The fourth-order valence-electron chi connectivity index (χ4n) is 2.80. The van der Waals surface area contributed by atoms with Gasteiger partial charge >= 0.3 is 5.69 Å². The summed E-state index contributed by atoms with van der Waals surface area (Å²) in [6, 6.07) is 5.25. The number of nitrogens with zero attached hydrogens (tertiary/aromatic N) is 6. The van der Waals surface area contributed by atoms with Crippen LogP contribution in [0, 0.1) is 0 Å². The van der Waals surface area contributed by atoms with Gasteiger partial charge in [-0.15, -0.1) is 0 Å². The van der Waals surface area contributed by atoms with E-state index in [1.54, 1.807) is 18.2 Å². The molecule has 0 aliphatic rings. The number of aromatic nitrogens is 6. The zero-order chi connectivity index (χ0) is 19.3. The van der Waals surface area contributed by atoms with Gasteiger partial charge in [0.1, 0.15) is 17.6 Å². The van der Waals surface area contributed by atoms with Crippen LogP contribution in [0.5, 0.6) is 0 Å². The van der Waals surface area contributed by atoms with E-state index in [9.17, 15) is 14.4 Å². The largest absolute Gasteiger partial charge is 0.332 e. The third-order valence-corrected chi connectivity index (χ3v) is 4.99. The van der Waals surface area contributed by atoms with Gasteiger partial charge in [0.05, 0.1) is 17.4 Å². The number of fused-ring (bicyclic) bond motifs is 2. The van der Waals surface area contributed by atoms with Gasteiger partial charge < -0.3 is 5.32 Å². The fourth-order valence-corrected chi connectivity index (χ4v) is 3.58. The van der Waals surface area contributed by atoms with E-state index in [0.717, 1.165) is 16.3 Å². The highest BCUT2D eigenvalue weighted by Gasteiger charge is 2.20. The minimum absolute atomic E-state index is 0.0630. The van der Waals surface area contributed by atoms with Crippen molar-refractivity contribution < 1.29 is 4.79 Å². The number of hydrogen-bond acceptors (Lipinski definition) is 7. The number of rotatable bonds is 3. The van der Waals surface area contributed by atoms with Gasteiger partial charge in [-0.25, -0.2) is 4.79 Å². The topological polar surface area (TPSA) is 117 Å². The van der Waals surface area contributed by atoms with Crippen LogP contribution in [0.4, 0.5) is 5.69 Å². The molecule has 0 unspecified atom stereocenters. The standard InChI is InChI=1S/C15H12ClN7O3S/c1-21-12-11(13(25)22(2)15(21)26)23(14(16)18-12)6-9(24)17-7-4-3-5-8-10(7)20-27-19-8/h3-5H,6H2,1-2H3,(H,17,24). The summed E-state index contributed by atoms with van der Waals surface area (Å²) in [5.41, 5.74) is 0.850. The Morgan fingerprint density at radius 1 is 1.22 bits per heavy atom. The van der Waals surface area contributed by atoms with E-state index < -0.39 is 17.2 Å². The molecule has 1 N–H and O–H groups in total. The maximum atomic E-state index is 12.5. The van der Waals surface area contributed by atoms with Gasteiger partial charge in [0.25, 0.3) is 5.56 Å². The maximum Gasteiger partial charge on any atom is 0.332 e. The first-order valence-electron chi connectivity index (χ1n) is 7.71. The van der Waals surface area contributed by atoms with Crippen LogP contribution in [-0.2, 0) is 25.4 Å². The summed E-state index contributed by atoms with van der Waals surface area (Å²) in [6.45, 7) is -0.253. The Morgan fingerprint density at radius 3 is 2.78 bits per heavy atom. The monoisotopic (exact) mass is 405 g/mol. The molecule has 1 amide bonds. The number of carbonyl (C=O) groups is 1. The molecular formula is C15H12ClN7O3S. The minimum Gasteiger partial charge on any atom is -0.323 e. The van der Waals surface area contributed by atoms with Crippen molar-refractivity contribution >= 4 is 57.1 Å². The molecule has 0 atom stereocenters. The van der Waals surface area contributed by atoms with Crippen LogP contribution < -0.4 is 16.6 Å². The number of carbonyl (C=O) groups excluding carboxylic acids is 1. The van der Waals surface area contributed by atoms with E-state index in [-0.39, 0.29) is 23.0 Å². The first-order chi connectivity index (χ1) is 12.9. The second kappa shape index (κ2) is 6.28. The summed E-state index contributed by atoms with van der Waals surface area (Å²) in [7, 11) is 2.83. The number of benzene rings is 1. The van der Waals surface area contributed by atoms with Crippen LogP contribution in [0.25, 0.3) is 22.2 Å². The second-order valence-corrected chi connectivity index (χ2v) is 6.70. The van der Waals surface area contributed by atoms with Gasteiger partial charge in [-0.1, -0.05) is 6.07 Å². The lowest BCUT2D eigenvalue weighted by molar-refractivity contribution is -0.116. The summed E-state index contributed by atoms with van der Waals surface area (Å²) < 4.78 is 11.7. The lowest BCUT2D eigenvalue weighted by Crippen LogP contribution is -2.37. The Morgan fingerprint density at radius 2 is 2.00 bits per heavy atom. The zero-order valence-corrected chi connectivity index (χ0v) is 15.7. The summed E-state index contributed by atoms with van der Waals surface area (Å²) in [6.07, 6.45) is 0. The lowest BCUT2D eigenvalue weighted by Gasteiger charge is -2.08. The molecule has 12 heteroatoms. The van der Waals surface area contributed by atoms with Gasteiger partial charge in [-0.3, -0.25) is 23.3 Å². The highest BCUT2D eigenvalue weighted by Crippen LogP contribution is 2.21. The van der Waals surface area contributed by atoms with Gasteiger partial charge in [-0.05, 0) is 23.7 Å². The minimum atomic E-state index is -0.578. The Hall–Kier alpha value is -3.05. The van der Waals surface area contributed by atoms with Crippen molar-refractivity contribution in [3.63, 3.8) is 0 Å². The molecule has 4 aromatic rings. The molecule has 0 bridgehead atoms. The molecule has 138 valence electrons. The van der Waals surface area contributed by atoms with Crippen LogP contribution >= 0.6 is 23.3 Å². The van der Waals surface area contributed by atoms with Crippen molar-refractivity contribution in [3.8, 4) is 0 Å². The smallest absolute Gasteiger partial charge is 0.323 e. The first kappa shape index (κ1) is 17.4. The van der Waals surface area contributed by atoms with Crippen LogP contribution in [-0.4, -0.2) is 33.3 Å². The molecule has 0 saturated carbocycles. The van der Waals surface area contributed by atoms with Crippen molar-refractivity contribution in [2.45, 2.75) is 6.54 Å². The molecule has 0 spiro atoms. The van der Waals surface area contributed by atoms with E-state index in [4.69, 9.17) is 11.6 Å². The van der Waals surface area contributed by atoms with Crippen LogP contribution in [0.3, 0.4) is 0 Å². The fraction of sp³-hybridized carbons (Fsp3) is 0.200. The number of amides is 1. The predicted molar refractivity (Wildman–Crippen MR) is 101 cm³/mol. The summed E-state index contributed by atoms with van der Waals surface area (Å²) >= 11 is 7.17. The average molecular weight is 406 g/mol. The summed E-state index contributed by atoms with van der Waals surface area (Å²) in [4.78, 5) is 41.1. The van der Waals surface area contributed by atoms with Crippen molar-refractivity contribution in [1.29, 1.82) is 0 Å². The Labute approximate surface area is 160 Å². The molecule has 1 aromatic carbocycles. The van der Waals surface area contributed by atoms with Gasteiger partial charge in [0.2, 0.25) is 11.2 Å². The normalized spacial score (nSPS) is 11.4. The SMILES string of the molecule is Cn1c(=O)c2c(nc(Cl)n2CC(=O)Nc2cccc3nsnc23)n(C)c1=O. The number of imidazole rings is 1. The number of halogens is 1. The average Bonchev–Trinajstić information content (AvgIpc) is 3.24. The van der Waals surface area contributed by atoms with E-state index >= 15 is 0 Å². The highest BCUT2D eigenvalue weighted by molar-refractivity contribution is 7.00. The summed E-state index contributed by atoms with van der Waals surface area (Å²) in [5.74, 6) is -0.424. The van der Waals surface area contributed by atoms with E-state index in [2.05, 4.69) is 19.0 Å². The molecule has 4 rings (SSSR count).